The van der Waals surface area contributed by atoms with Crippen LogP contribution in [-0.2, 0) is 24.9 Å². The number of aliphatic hydroxyl groups is 1. The summed E-state index contributed by atoms with van der Waals surface area (Å²) in [5.74, 6) is -4.00. The second kappa shape index (κ2) is 23.0. The van der Waals surface area contributed by atoms with E-state index in [-0.39, 0.29) is 62.0 Å². The monoisotopic (exact) mass is 1100 g/mol. The predicted molar refractivity (Wildman–Crippen MR) is 275 cm³/mol. The van der Waals surface area contributed by atoms with Crippen molar-refractivity contribution in [2.75, 3.05) is 0 Å². The molecule has 6 aromatic rings. The van der Waals surface area contributed by atoms with Crippen LogP contribution >= 0.6 is 0 Å². The van der Waals surface area contributed by atoms with Crippen LogP contribution in [0.25, 0.3) is 44.1 Å². The standard InChI is InChI=1S/2C21H24NSi.C14H24F2O2.Ir/c2*1-14-9-15(2)11-18(10-14)21-19-12-16(3)20(23(4,5)6)13-17(19)7-8-22-21;1-5-10(6-2)12(17)8-13(18)11(7-3)9-14(4,15)16;/h2*7-10,12-13H,1-6H3;8,10-11,18H,5-7,9H2,1-4H3;/q2*-1;;/b;;13-8-;/i2*7D,8D;;. The van der Waals surface area contributed by atoms with Gasteiger partial charge in [-0.3, -0.25) is 4.79 Å². The second-order valence-corrected chi connectivity index (χ2v) is 29.8. The van der Waals surface area contributed by atoms with Crippen LogP contribution in [0.4, 0.5) is 8.78 Å². The molecule has 0 aliphatic heterocycles. The molecule has 2 aromatic heterocycles. The minimum Gasteiger partial charge on any atom is -0.512 e. The zero-order valence-corrected chi connectivity index (χ0v) is 45.9. The fourth-order valence-electron chi connectivity index (χ4n) is 8.46. The topological polar surface area (TPSA) is 63.1 Å². The second-order valence-electron chi connectivity index (χ2n) is 19.7. The van der Waals surface area contributed by atoms with Gasteiger partial charge < -0.3 is 15.1 Å². The summed E-state index contributed by atoms with van der Waals surface area (Å²) in [6, 6.07) is 24.0. The van der Waals surface area contributed by atoms with Gasteiger partial charge in [-0.25, -0.2) is 8.78 Å². The number of fused-ring (bicyclic) bond motifs is 2. The van der Waals surface area contributed by atoms with Gasteiger partial charge in [0.05, 0.1) is 27.4 Å². The Bertz CT molecular complexity index is 2650. The smallest absolute Gasteiger partial charge is 0.246 e. The predicted octanol–water partition coefficient (Wildman–Crippen LogP) is 14.8. The normalized spacial score (nSPS) is 13.4. The molecular formula is C56H72F2IrN2O2Si2-2. The molecule has 4 nitrogen and oxygen atoms in total. The third-order valence-corrected chi connectivity index (χ3v) is 15.9. The van der Waals surface area contributed by atoms with Crippen molar-refractivity contribution >= 4 is 53.8 Å². The van der Waals surface area contributed by atoms with E-state index in [0.717, 1.165) is 79.3 Å². The van der Waals surface area contributed by atoms with Crippen molar-refractivity contribution < 1.29 is 44.3 Å². The van der Waals surface area contributed by atoms with Gasteiger partial charge in [-0.05, 0) is 85.1 Å². The van der Waals surface area contributed by atoms with Gasteiger partial charge in [0.25, 0.3) is 0 Å². The molecular weight excluding hydrogens is 1020 g/mol. The van der Waals surface area contributed by atoms with Gasteiger partial charge in [0.1, 0.15) is 0 Å². The van der Waals surface area contributed by atoms with E-state index in [4.69, 9.17) is 5.48 Å². The van der Waals surface area contributed by atoms with E-state index >= 15 is 0 Å². The van der Waals surface area contributed by atoms with E-state index in [1.165, 1.54) is 21.5 Å². The number of carbonyl (C=O) groups is 1. The van der Waals surface area contributed by atoms with Gasteiger partial charge in [-0.2, -0.15) is 0 Å². The molecule has 2 heterocycles. The first-order valence-electron chi connectivity index (χ1n) is 24.6. The van der Waals surface area contributed by atoms with Gasteiger partial charge >= 0.3 is 0 Å². The van der Waals surface area contributed by atoms with E-state index < -0.39 is 34.4 Å². The van der Waals surface area contributed by atoms with E-state index in [0.29, 0.717) is 19.3 Å². The quantitative estimate of drug-likeness (QED) is 0.0574. The zero-order chi connectivity index (χ0) is 51.4. The Morgan fingerprint density at radius 1 is 0.692 bits per heavy atom. The number of aryl methyl sites for hydroxylation is 6. The van der Waals surface area contributed by atoms with Crippen LogP contribution in [0.1, 0.15) is 92.2 Å². The van der Waals surface area contributed by atoms with Crippen LogP contribution in [0.5, 0.6) is 0 Å². The van der Waals surface area contributed by atoms with Crippen molar-refractivity contribution in [1.29, 1.82) is 0 Å². The summed E-state index contributed by atoms with van der Waals surface area (Å²) in [5, 5.41) is 16.0. The molecule has 1 radical (unpaired) electrons. The Kier molecular flexibility index (Phi) is 17.3. The average Bonchev–Trinajstić information content (AvgIpc) is 3.21. The number of hydrogen-bond acceptors (Lipinski definition) is 4. The van der Waals surface area contributed by atoms with E-state index in [1.807, 2.05) is 27.7 Å². The van der Waals surface area contributed by atoms with Crippen molar-refractivity contribution in [2.45, 2.75) is 140 Å². The maximum absolute atomic E-state index is 12.9. The van der Waals surface area contributed by atoms with Crippen molar-refractivity contribution in [3.63, 3.8) is 0 Å². The Hall–Kier alpha value is -4.15. The van der Waals surface area contributed by atoms with Crippen LogP contribution in [0.3, 0.4) is 0 Å². The molecule has 0 aliphatic rings. The summed E-state index contributed by atoms with van der Waals surface area (Å²) in [4.78, 5) is 20.7. The minimum atomic E-state index is -2.83. The van der Waals surface area contributed by atoms with Crippen molar-refractivity contribution in [1.82, 2.24) is 9.97 Å². The van der Waals surface area contributed by atoms with Crippen LogP contribution in [0.15, 0.2) is 84.8 Å². The number of rotatable bonds is 12. The molecule has 1 atom stereocenters. The summed E-state index contributed by atoms with van der Waals surface area (Å²) in [6.07, 6.45) is 2.54. The first-order valence-corrected chi connectivity index (χ1v) is 29.6. The molecule has 4 aromatic carbocycles. The number of nitrogens with zero attached hydrogens (tertiary/aromatic N) is 2. The Morgan fingerprint density at radius 3 is 1.40 bits per heavy atom. The summed E-state index contributed by atoms with van der Waals surface area (Å²) in [6.45, 7) is 32.6. The zero-order valence-electron chi connectivity index (χ0n) is 45.5. The summed E-state index contributed by atoms with van der Waals surface area (Å²) >= 11 is 0. The first kappa shape index (κ1) is 48.8. The number of allylic oxidation sites excluding steroid dienone is 2. The number of aromatic nitrogens is 2. The molecule has 1 N–H and O–H groups in total. The van der Waals surface area contributed by atoms with Crippen LogP contribution in [-0.4, -0.2) is 42.9 Å². The molecule has 351 valence electrons. The maximum Gasteiger partial charge on any atom is 0.246 e. The van der Waals surface area contributed by atoms with Gasteiger partial charge in [-0.15, -0.1) is 69.8 Å². The molecule has 9 heteroatoms. The maximum atomic E-state index is 12.9. The van der Waals surface area contributed by atoms with Crippen LogP contribution in [0.2, 0.25) is 39.3 Å². The number of aliphatic hydroxyl groups excluding tert-OH is 1. The molecule has 0 aliphatic carbocycles. The minimum absolute atomic E-state index is 0. The van der Waals surface area contributed by atoms with Crippen LogP contribution in [0, 0.1) is 65.5 Å². The number of halogens is 2. The summed E-state index contributed by atoms with van der Waals surface area (Å²) in [5.41, 5.74) is 10.2. The number of hydrogen-bond donors (Lipinski definition) is 1. The fourth-order valence-corrected chi connectivity index (χ4v) is 12.1. The van der Waals surface area contributed by atoms with Gasteiger partial charge in [-0.1, -0.05) is 134 Å². The van der Waals surface area contributed by atoms with Crippen molar-refractivity contribution in [3.05, 3.63) is 130 Å². The number of alkyl halides is 2. The number of pyridine rings is 2. The molecule has 6 rings (SSSR count). The van der Waals surface area contributed by atoms with E-state index in [1.54, 1.807) is 6.92 Å². The number of ketones is 1. The Balaban J connectivity index is 0.000000277. The van der Waals surface area contributed by atoms with E-state index in [2.05, 4.69) is 138 Å². The van der Waals surface area contributed by atoms with E-state index in [9.17, 15) is 18.7 Å². The summed E-state index contributed by atoms with van der Waals surface area (Å²) < 4.78 is 58.9. The molecule has 0 spiro atoms. The molecule has 0 amide bonds. The van der Waals surface area contributed by atoms with Crippen molar-refractivity contribution in [2.24, 2.45) is 11.8 Å². The Labute approximate surface area is 410 Å². The SMILES string of the molecule is CCC(CC)C(=O)/C=C(\O)C(CC)CC(C)(F)F.[2H]c1nc(-c2[c-]c(C)cc(C)c2)c2cc(C)c([Si](C)(C)C)cc2c1[2H].[2H]c1nc(-c2[c-]c(C)cc(C)c2)c2cc(C)c([Si](C)(C)C)cc2c1[2H].[Ir]. The molecule has 0 saturated heterocycles. The average molecular weight is 1100 g/mol. The molecule has 65 heavy (non-hydrogen) atoms. The third-order valence-electron chi connectivity index (χ3n) is 11.6. The first-order chi connectivity index (χ1) is 31.4. The Morgan fingerprint density at radius 2 is 1.08 bits per heavy atom. The largest absolute Gasteiger partial charge is 0.512 e. The van der Waals surface area contributed by atoms with Crippen molar-refractivity contribution in [3.8, 4) is 22.5 Å². The molecule has 0 fully saturated rings. The van der Waals surface area contributed by atoms with Crippen LogP contribution < -0.4 is 10.4 Å². The number of benzene rings is 4. The molecule has 0 saturated carbocycles. The van der Waals surface area contributed by atoms with Gasteiger partial charge in [0.15, 0.2) is 5.78 Å². The fraction of sp³-hybridized carbons (Fsp3) is 0.411. The summed E-state index contributed by atoms with van der Waals surface area (Å²) in [7, 11) is -3.05. The molecule has 1 unspecified atom stereocenters. The van der Waals surface area contributed by atoms with Gasteiger partial charge in [0.2, 0.25) is 5.92 Å². The van der Waals surface area contributed by atoms with Gasteiger partial charge in [0, 0.05) is 56.8 Å². The number of carbonyl (C=O) groups excluding carboxylic acids is 1. The third kappa shape index (κ3) is 15.2. The molecule has 0 bridgehead atoms.